The van der Waals surface area contributed by atoms with Crippen LogP contribution in [-0.2, 0) is 9.59 Å². The molecule has 6 aromatic rings. The number of amides is 2. The van der Waals surface area contributed by atoms with Crippen LogP contribution in [0.5, 0.6) is 0 Å². The molecule has 4 heterocycles. The Balaban J connectivity index is 0.000000232. The number of hydrogen-bond donors (Lipinski definition) is 6. The fraction of sp³-hybridized carbons (Fsp3) is 0.179. The number of Topliss-reactive ketones (excluding diaryl/α,β-unsaturated/α-hetero) is 1. The van der Waals surface area contributed by atoms with Crippen LogP contribution in [-0.4, -0.2) is 78.6 Å². The van der Waals surface area contributed by atoms with Gasteiger partial charge in [0.2, 0.25) is 11.8 Å². The lowest BCUT2D eigenvalue weighted by atomic mass is 10.1. The third-order valence-electron chi connectivity index (χ3n) is 7.27. The van der Waals surface area contributed by atoms with Gasteiger partial charge < -0.3 is 31.7 Å². The number of aromatic carboxylic acids is 1. The average Bonchev–Trinajstić information content (AvgIpc) is 3.84. The van der Waals surface area contributed by atoms with Crippen molar-refractivity contribution in [1.82, 2.24) is 19.9 Å². The van der Waals surface area contributed by atoms with E-state index in [1.54, 1.807) is 60.8 Å². The number of aliphatic hydroxyl groups excluding tert-OH is 2. The Bertz CT molecular complexity index is 2350. The molecule has 0 bridgehead atoms. The van der Waals surface area contributed by atoms with Gasteiger partial charge in [-0.3, -0.25) is 14.4 Å². The summed E-state index contributed by atoms with van der Waals surface area (Å²) < 4.78 is 0. The number of carbonyl (C=O) groups excluding carboxylic acids is 3. The van der Waals surface area contributed by atoms with Gasteiger partial charge in [-0.1, -0.05) is 59.6 Å². The first-order valence-corrected chi connectivity index (χ1v) is 19.4. The van der Waals surface area contributed by atoms with Crippen LogP contribution < -0.4 is 16.4 Å². The molecule has 2 amide bonds. The van der Waals surface area contributed by atoms with Gasteiger partial charge in [-0.25, -0.2) is 24.7 Å². The van der Waals surface area contributed by atoms with Crippen molar-refractivity contribution in [2.75, 3.05) is 30.4 Å². The zero-order chi connectivity index (χ0) is 41.5. The second kappa shape index (κ2) is 21.7. The number of nitrogens with one attached hydrogen (secondary N) is 2. The number of carboxylic acids is 1. The Morgan fingerprint density at radius 3 is 1.54 bits per heavy atom. The molecule has 6 rings (SSSR count). The van der Waals surface area contributed by atoms with E-state index in [0.717, 1.165) is 16.9 Å². The number of hydrogen-bond acceptors (Lipinski definition) is 13. The van der Waals surface area contributed by atoms with Gasteiger partial charge in [0.05, 0.1) is 32.9 Å². The molecule has 0 aliphatic heterocycles. The van der Waals surface area contributed by atoms with Crippen LogP contribution in [0.3, 0.4) is 0 Å². The van der Waals surface area contributed by atoms with Gasteiger partial charge >= 0.3 is 5.97 Å². The number of pyridine rings is 2. The first-order chi connectivity index (χ1) is 27.4. The number of nitrogens with two attached hydrogens (primary N) is 1. The van der Waals surface area contributed by atoms with Crippen molar-refractivity contribution in [1.29, 1.82) is 0 Å². The number of thiazole rings is 2. The van der Waals surface area contributed by atoms with Crippen molar-refractivity contribution in [2.45, 2.75) is 26.7 Å². The summed E-state index contributed by atoms with van der Waals surface area (Å²) in [5.41, 5.74) is 8.24. The Hall–Kier alpha value is -5.46. The number of anilines is 2. The molecule has 296 valence electrons. The van der Waals surface area contributed by atoms with E-state index in [9.17, 15) is 24.3 Å². The molecule has 0 spiro atoms. The summed E-state index contributed by atoms with van der Waals surface area (Å²) >= 11 is 14.8. The normalized spacial score (nSPS) is 10.4. The van der Waals surface area contributed by atoms with Gasteiger partial charge in [-0.2, -0.15) is 0 Å². The molecule has 14 nitrogen and oxygen atoms in total. The van der Waals surface area contributed by atoms with Crippen LogP contribution in [0, 0.1) is 0 Å². The van der Waals surface area contributed by atoms with Gasteiger partial charge in [-0.15, -0.1) is 22.7 Å². The van der Waals surface area contributed by atoms with Gasteiger partial charge in [0, 0.05) is 68.1 Å². The zero-order valence-electron chi connectivity index (χ0n) is 30.5. The largest absolute Gasteiger partial charge is 0.477 e. The molecule has 0 atom stereocenters. The highest BCUT2D eigenvalue weighted by molar-refractivity contribution is 7.17. The van der Waals surface area contributed by atoms with E-state index in [1.165, 1.54) is 31.4 Å². The highest BCUT2D eigenvalue weighted by Crippen LogP contribution is 2.39. The second-order valence-electron chi connectivity index (χ2n) is 11.6. The van der Waals surface area contributed by atoms with E-state index in [2.05, 4.69) is 30.6 Å². The van der Waals surface area contributed by atoms with E-state index >= 15 is 0 Å². The molecule has 18 heteroatoms. The summed E-state index contributed by atoms with van der Waals surface area (Å²) in [4.78, 5) is 64.7. The zero-order valence-corrected chi connectivity index (χ0v) is 33.7. The Morgan fingerprint density at radius 2 is 1.14 bits per heavy atom. The van der Waals surface area contributed by atoms with Crippen LogP contribution in [0.4, 0.5) is 11.6 Å². The van der Waals surface area contributed by atoms with E-state index in [-0.39, 0.29) is 42.1 Å². The molecular formula is C39H37Cl2N7O7S2. The SMILES string of the molecule is CC(=O)Nc1cc(-c2nc(-c3ccccc3Cl)c(C(=O)CCCO)s2)ccn1.CC(=O)Nc1cc(-c2nc(-c3ccccc3Cl)c(C(=O)O)s2)ccn1.NCCO. The van der Waals surface area contributed by atoms with E-state index < -0.39 is 5.97 Å². The number of aromatic nitrogens is 4. The highest BCUT2D eigenvalue weighted by atomic mass is 35.5. The van der Waals surface area contributed by atoms with Gasteiger partial charge in [0.15, 0.2) is 5.78 Å². The summed E-state index contributed by atoms with van der Waals surface area (Å²) in [6, 6.07) is 21.0. The summed E-state index contributed by atoms with van der Waals surface area (Å²) in [7, 11) is 0. The van der Waals surface area contributed by atoms with Crippen LogP contribution in [0.25, 0.3) is 43.7 Å². The molecule has 0 aliphatic carbocycles. The maximum Gasteiger partial charge on any atom is 0.348 e. The van der Waals surface area contributed by atoms with Crippen molar-refractivity contribution >= 4 is 81.1 Å². The first kappa shape index (κ1) is 44.3. The number of carboxylic acid groups (broad SMARTS) is 1. The molecule has 7 N–H and O–H groups in total. The number of carbonyl (C=O) groups is 4. The highest BCUT2D eigenvalue weighted by Gasteiger charge is 2.23. The summed E-state index contributed by atoms with van der Waals surface area (Å²) in [5, 5.41) is 33.6. The molecule has 0 radical (unpaired) electrons. The standard InChI is InChI=1S/C20H18ClN3O3S.C17H12ClN3O3S.C2H7NO/c1-12(26)23-17-11-13(8-9-22-17)20-24-18(14-5-2-3-6-15(14)21)19(28-20)16(27)7-4-10-25;1-9(22)20-13-8-10(6-7-19-13)16-21-14(15(25-16)17(23)24)11-4-2-3-5-12(11)18;3-1-2-4/h2-3,5-6,8-9,11,25H,4,7,10H2,1H3,(H,22,23,26);2-8H,1H3,(H,23,24)(H,19,20,22);4H,1-3H2. The minimum atomic E-state index is -1.07. The van der Waals surface area contributed by atoms with Crippen molar-refractivity contribution in [2.24, 2.45) is 5.73 Å². The Kier molecular flexibility index (Phi) is 16.9. The number of halogens is 2. The third-order valence-corrected chi connectivity index (χ3v) is 10.2. The van der Waals surface area contributed by atoms with Gasteiger partial charge in [0.1, 0.15) is 26.5 Å². The van der Waals surface area contributed by atoms with E-state index in [0.29, 0.717) is 77.6 Å². The van der Waals surface area contributed by atoms with E-state index in [4.69, 9.17) is 39.1 Å². The molecule has 2 aromatic carbocycles. The molecule has 4 aromatic heterocycles. The predicted molar refractivity (Wildman–Crippen MR) is 224 cm³/mol. The number of nitrogens with zero attached hydrogens (tertiary/aromatic N) is 4. The quantitative estimate of drug-likeness (QED) is 0.0656. The van der Waals surface area contributed by atoms with Crippen molar-refractivity contribution in [3.05, 3.63) is 105 Å². The fourth-order valence-corrected chi connectivity index (χ4v) is 7.28. The number of ketones is 1. The summed E-state index contributed by atoms with van der Waals surface area (Å²) in [6.45, 7) is 3.21. The number of benzene rings is 2. The molecule has 0 aliphatic rings. The van der Waals surface area contributed by atoms with Crippen LogP contribution in [0.1, 0.15) is 46.0 Å². The number of rotatable bonds is 12. The topological polar surface area (TPSA) is 231 Å². The maximum absolute atomic E-state index is 12.7. The lowest BCUT2D eigenvalue weighted by Crippen LogP contribution is -2.07. The van der Waals surface area contributed by atoms with Crippen molar-refractivity contribution in [3.8, 4) is 43.7 Å². The molecule has 0 fully saturated rings. The molecular weight excluding hydrogens is 814 g/mol. The van der Waals surface area contributed by atoms with Crippen molar-refractivity contribution in [3.63, 3.8) is 0 Å². The minimum absolute atomic E-state index is 0.0523. The average molecular weight is 851 g/mol. The number of aliphatic hydroxyl groups is 2. The fourth-order valence-electron chi connectivity index (χ4n) is 4.87. The summed E-state index contributed by atoms with van der Waals surface area (Å²) in [5.74, 6) is -0.852. The third kappa shape index (κ3) is 12.5. The Morgan fingerprint density at radius 1 is 0.702 bits per heavy atom. The van der Waals surface area contributed by atoms with Gasteiger partial charge in [0.25, 0.3) is 0 Å². The lowest BCUT2D eigenvalue weighted by molar-refractivity contribution is -0.115. The van der Waals surface area contributed by atoms with Crippen LogP contribution in [0.2, 0.25) is 10.0 Å². The van der Waals surface area contributed by atoms with Crippen LogP contribution >= 0.6 is 45.9 Å². The molecule has 0 saturated carbocycles. The van der Waals surface area contributed by atoms with E-state index in [1.807, 2.05) is 18.2 Å². The smallest absolute Gasteiger partial charge is 0.348 e. The Labute approximate surface area is 345 Å². The molecule has 0 unspecified atom stereocenters. The van der Waals surface area contributed by atoms with Gasteiger partial charge in [-0.05, 0) is 42.8 Å². The molecule has 0 saturated heterocycles. The van der Waals surface area contributed by atoms with Crippen molar-refractivity contribution < 1.29 is 34.5 Å². The van der Waals surface area contributed by atoms with Crippen LogP contribution in [0.15, 0.2) is 85.2 Å². The second-order valence-corrected chi connectivity index (χ2v) is 14.5. The molecule has 57 heavy (non-hydrogen) atoms. The first-order valence-electron chi connectivity index (χ1n) is 17.0. The minimum Gasteiger partial charge on any atom is -0.477 e. The maximum atomic E-state index is 12.7. The summed E-state index contributed by atoms with van der Waals surface area (Å²) in [6.07, 6.45) is 3.71. The lowest BCUT2D eigenvalue weighted by Gasteiger charge is -2.04. The predicted octanol–water partition coefficient (Wildman–Crippen LogP) is 7.56. The monoisotopic (exact) mass is 849 g/mol.